The fourth-order valence-electron chi connectivity index (χ4n) is 5.48. The first-order chi connectivity index (χ1) is 20.7. The van der Waals surface area contributed by atoms with Crippen molar-refractivity contribution in [1.29, 1.82) is 0 Å². The molecule has 1 aliphatic heterocycles. The second-order valence-corrected chi connectivity index (χ2v) is 13.0. The lowest BCUT2D eigenvalue weighted by molar-refractivity contribution is -0.158. The Morgan fingerprint density at radius 3 is 2.50 bits per heavy atom. The van der Waals surface area contributed by atoms with Crippen LogP contribution in [0.25, 0.3) is 10.6 Å². The fraction of sp³-hybridized carbons (Fsp3) is 0.438. The molecule has 2 aromatic carbocycles. The van der Waals surface area contributed by atoms with Crippen molar-refractivity contribution in [3.05, 3.63) is 76.3 Å². The number of amides is 2. The first kappa shape index (κ1) is 33.0. The number of esters is 1. The Hall–Kier alpha value is -3.93. The van der Waals surface area contributed by atoms with Gasteiger partial charge < -0.3 is 19.6 Å². The molecule has 1 aliphatic rings. The molecule has 2 heterocycles. The Labute approximate surface area is 258 Å². The number of carbonyl (C=O) groups is 3. The summed E-state index contributed by atoms with van der Waals surface area (Å²) in [5.74, 6) is -3.11. The van der Waals surface area contributed by atoms with Crippen LogP contribution in [0.2, 0.25) is 0 Å². The van der Waals surface area contributed by atoms with Crippen molar-refractivity contribution >= 4 is 29.3 Å². The molecule has 1 saturated heterocycles. The zero-order valence-corrected chi connectivity index (χ0v) is 25.9. The van der Waals surface area contributed by atoms with E-state index in [-0.39, 0.29) is 31.7 Å². The maximum atomic E-state index is 14.9. The van der Waals surface area contributed by atoms with E-state index in [1.807, 2.05) is 44.2 Å². The zero-order valence-electron chi connectivity index (χ0n) is 25.1. The van der Waals surface area contributed by atoms with E-state index in [0.717, 1.165) is 33.5 Å². The van der Waals surface area contributed by atoms with Gasteiger partial charge in [0.2, 0.25) is 0 Å². The molecule has 0 aliphatic carbocycles. The van der Waals surface area contributed by atoms with Crippen LogP contribution in [0.15, 0.2) is 48.5 Å². The number of halogens is 3. The summed E-state index contributed by atoms with van der Waals surface area (Å²) in [5, 5.41) is 9.68. The highest BCUT2D eigenvalue weighted by Gasteiger charge is 2.39. The number of likely N-dealkylation sites (tertiary alicyclic amines) is 1. The number of carbonyl (C=O) groups excluding carboxylic acids is 2. The molecule has 2 amide bonds. The predicted molar refractivity (Wildman–Crippen MR) is 160 cm³/mol. The van der Waals surface area contributed by atoms with Crippen LogP contribution in [0.1, 0.15) is 43.8 Å². The van der Waals surface area contributed by atoms with Gasteiger partial charge in [0.05, 0.1) is 12.2 Å². The van der Waals surface area contributed by atoms with Crippen LogP contribution in [-0.2, 0) is 27.2 Å². The molecule has 236 valence electrons. The fourth-order valence-corrected chi connectivity index (χ4v) is 6.61. The van der Waals surface area contributed by atoms with Crippen molar-refractivity contribution in [2.24, 2.45) is 11.3 Å². The van der Waals surface area contributed by atoms with Gasteiger partial charge in [-0.15, -0.1) is 11.3 Å². The summed E-state index contributed by atoms with van der Waals surface area (Å²) in [6, 6.07) is 12.9. The molecule has 1 N–H and O–H groups in total. The first-order valence-corrected chi connectivity index (χ1v) is 15.1. The van der Waals surface area contributed by atoms with Crippen LogP contribution >= 0.6 is 11.3 Å². The molecule has 0 radical (unpaired) electrons. The minimum Gasteiger partial charge on any atom is -0.465 e. The highest BCUT2D eigenvalue weighted by molar-refractivity contribution is 7.15. The number of rotatable bonds is 11. The lowest BCUT2D eigenvalue weighted by Gasteiger charge is -2.35. The van der Waals surface area contributed by atoms with E-state index < -0.39 is 53.2 Å². The summed E-state index contributed by atoms with van der Waals surface area (Å²) >= 11 is 1.27. The Morgan fingerprint density at radius 2 is 1.86 bits per heavy atom. The van der Waals surface area contributed by atoms with E-state index in [1.165, 1.54) is 30.1 Å². The molecule has 1 aromatic heterocycles. The van der Waals surface area contributed by atoms with Crippen LogP contribution < -0.4 is 0 Å². The van der Waals surface area contributed by atoms with E-state index in [2.05, 4.69) is 0 Å². The van der Waals surface area contributed by atoms with Gasteiger partial charge in [-0.2, -0.15) is 0 Å². The molecule has 1 fully saturated rings. The van der Waals surface area contributed by atoms with Crippen LogP contribution in [0.4, 0.5) is 18.0 Å². The van der Waals surface area contributed by atoms with Gasteiger partial charge in [-0.3, -0.25) is 9.59 Å². The molecular weight excluding hydrogens is 595 g/mol. The summed E-state index contributed by atoms with van der Waals surface area (Å²) in [7, 11) is 0. The Bertz CT molecular complexity index is 1500. The van der Waals surface area contributed by atoms with Crippen molar-refractivity contribution in [3.8, 4) is 10.6 Å². The summed E-state index contributed by atoms with van der Waals surface area (Å²) in [5.41, 5.74) is 1.05. The standard InChI is InChI=1S/C32H36F3N3O5S/c1-19(43-20(2)39)30(40)38(16-22-15-37(31(41)42)17-26(22)35)18-32(3,4)14-27-28(12-21-8-6-5-7-9-21)44-29(36-27)24-13-23(33)10-11-25(24)34/h5-11,13,19,22,26H,12,14-18H2,1-4H3,(H,41,42)/t19-,22?,26?/m0/s1. The van der Waals surface area contributed by atoms with Crippen LogP contribution in [0, 0.1) is 23.0 Å². The van der Waals surface area contributed by atoms with Crippen molar-refractivity contribution in [3.63, 3.8) is 0 Å². The van der Waals surface area contributed by atoms with Crippen LogP contribution in [0.5, 0.6) is 0 Å². The van der Waals surface area contributed by atoms with E-state index in [0.29, 0.717) is 23.5 Å². The summed E-state index contributed by atoms with van der Waals surface area (Å²) in [6.45, 7) is 6.11. The number of alkyl halides is 1. The summed E-state index contributed by atoms with van der Waals surface area (Å²) in [4.78, 5) is 44.5. The van der Waals surface area contributed by atoms with E-state index in [4.69, 9.17) is 9.72 Å². The average Bonchev–Trinajstić information content (AvgIpc) is 3.51. The molecule has 2 unspecified atom stereocenters. The Balaban J connectivity index is 1.64. The number of carboxylic acid groups (broad SMARTS) is 1. The van der Waals surface area contributed by atoms with Gasteiger partial charge >= 0.3 is 12.1 Å². The molecule has 3 aromatic rings. The van der Waals surface area contributed by atoms with Crippen molar-refractivity contribution < 1.29 is 37.4 Å². The van der Waals surface area contributed by atoms with E-state index >= 15 is 0 Å². The summed E-state index contributed by atoms with van der Waals surface area (Å²) in [6.07, 6.45) is -2.99. The molecule has 8 nitrogen and oxygen atoms in total. The second-order valence-electron chi connectivity index (χ2n) is 12.0. The van der Waals surface area contributed by atoms with Crippen molar-refractivity contribution in [1.82, 2.24) is 14.8 Å². The molecule has 12 heteroatoms. The maximum absolute atomic E-state index is 14.9. The largest absolute Gasteiger partial charge is 0.465 e. The second kappa shape index (κ2) is 13.8. The minimum atomic E-state index is -1.46. The lowest BCUT2D eigenvalue weighted by Crippen LogP contribution is -2.48. The minimum absolute atomic E-state index is 0.0542. The van der Waals surface area contributed by atoms with Gasteiger partial charge in [-0.25, -0.2) is 22.9 Å². The quantitative estimate of drug-likeness (QED) is 0.262. The highest BCUT2D eigenvalue weighted by Crippen LogP contribution is 2.35. The molecular formula is C32H36F3N3O5S. The number of hydrogen-bond donors (Lipinski definition) is 1. The number of hydrogen-bond acceptors (Lipinski definition) is 6. The smallest absolute Gasteiger partial charge is 0.407 e. The normalized spacial score (nSPS) is 17.4. The van der Waals surface area contributed by atoms with Gasteiger partial charge in [-0.05, 0) is 42.5 Å². The summed E-state index contributed by atoms with van der Waals surface area (Å²) < 4.78 is 48.8. The van der Waals surface area contributed by atoms with Crippen molar-refractivity contribution in [2.75, 3.05) is 26.2 Å². The number of aromatic nitrogens is 1. The van der Waals surface area contributed by atoms with Crippen molar-refractivity contribution in [2.45, 2.75) is 52.8 Å². The molecule has 0 bridgehead atoms. The van der Waals surface area contributed by atoms with Gasteiger partial charge in [-0.1, -0.05) is 44.2 Å². The molecule has 0 saturated carbocycles. The van der Waals surface area contributed by atoms with Crippen LogP contribution in [-0.4, -0.2) is 76.3 Å². The van der Waals surface area contributed by atoms with Gasteiger partial charge in [0.15, 0.2) is 6.10 Å². The molecule has 3 atom stereocenters. The third-order valence-electron chi connectivity index (χ3n) is 7.50. The predicted octanol–water partition coefficient (Wildman–Crippen LogP) is 5.98. The van der Waals surface area contributed by atoms with Crippen LogP contribution in [0.3, 0.4) is 0 Å². The number of nitrogens with zero attached hydrogens (tertiary/aromatic N) is 3. The SMILES string of the molecule is CC(=O)O[C@@H](C)C(=O)N(CC1CN(C(=O)O)CC1F)CC(C)(C)Cc1nc(-c2cc(F)ccc2F)sc1Cc1ccccc1. The van der Waals surface area contributed by atoms with Gasteiger partial charge in [0.25, 0.3) is 5.91 Å². The zero-order chi connectivity index (χ0) is 32.2. The topological polar surface area (TPSA) is 100 Å². The van der Waals surface area contributed by atoms with Gasteiger partial charge in [0.1, 0.15) is 22.8 Å². The molecule has 0 spiro atoms. The first-order valence-electron chi connectivity index (χ1n) is 14.3. The van der Waals surface area contributed by atoms with Gasteiger partial charge in [0, 0.05) is 49.3 Å². The highest BCUT2D eigenvalue weighted by atomic mass is 32.1. The average molecular weight is 632 g/mol. The number of thiazole rings is 1. The van der Waals surface area contributed by atoms with E-state index in [1.54, 1.807) is 0 Å². The maximum Gasteiger partial charge on any atom is 0.407 e. The molecule has 44 heavy (non-hydrogen) atoms. The number of benzene rings is 2. The number of ether oxygens (including phenoxy) is 1. The molecule has 4 rings (SSSR count). The third-order valence-corrected chi connectivity index (χ3v) is 8.63. The Morgan fingerprint density at radius 1 is 1.16 bits per heavy atom. The third kappa shape index (κ3) is 8.37. The monoisotopic (exact) mass is 631 g/mol. The van der Waals surface area contributed by atoms with E-state index in [9.17, 15) is 32.7 Å². The lowest BCUT2D eigenvalue weighted by atomic mass is 9.85. The Kier molecular flexibility index (Phi) is 10.3.